The number of halogens is 2. The van der Waals surface area contributed by atoms with Crippen LogP contribution >= 0.6 is 15.9 Å². The standard InChI is InChI=1S/C16H14BrFN4O/c17-11-5-10-13(6-12(11)18)20-7-14-16(10)22(15(23)8-21-14)9-1-3-19-4-2-9/h5-9,19H,1-4H2. The van der Waals surface area contributed by atoms with Crippen molar-refractivity contribution in [1.29, 1.82) is 0 Å². The van der Waals surface area contributed by atoms with Gasteiger partial charge >= 0.3 is 0 Å². The predicted octanol–water partition coefficient (Wildman–Crippen LogP) is 2.77. The largest absolute Gasteiger partial charge is 0.317 e. The fourth-order valence-corrected chi connectivity index (χ4v) is 3.58. The van der Waals surface area contributed by atoms with E-state index in [0.29, 0.717) is 15.5 Å². The lowest BCUT2D eigenvalue weighted by Crippen LogP contribution is -2.34. The zero-order valence-corrected chi connectivity index (χ0v) is 13.8. The number of rotatable bonds is 1. The van der Waals surface area contributed by atoms with Gasteiger partial charge in [0.15, 0.2) is 0 Å². The van der Waals surface area contributed by atoms with E-state index in [1.807, 2.05) is 0 Å². The molecule has 1 N–H and O–H groups in total. The van der Waals surface area contributed by atoms with E-state index in [1.165, 1.54) is 12.3 Å². The first-order chi connectivity index (χ1) is 11.1. The average molecular weight is 377 g/mol. The molecule has 3 aromatic rings. The summed E-state index contributed by atoms with van der Waals surface area (Å²) >= 11 is 3.22. The van der Waals surface area contributed by atoms with Crippen LogP contribution in [0.5, 0.6) is 0 Å². The summed E-state index contributed by atoms with van der Waals surface area (Å²) in [4.78, 5) is 21.0. The lowest BCUT2D eigenvalue weighted by atomic mass is 10.1. The Morgan fingerprint density at radius 1 is 1.17 bits per heavy atom. The molecule has 5 nitrogen and oxygen atoms in total. The molecule has 0 atom stereocenters. The third-order valence-corrected chi connectivity index (χ3v) is 4.94. The van der Waals surface area contributed by atoms with Crippen molar-refractivity contribution >= 4 is 37.9 Å². The fraction of sp³-hybridized carbons (Fsp3) is 0.312. The minimum absolute atomic E-state index is 0.115. The van der Waals surface area contributed by atoms with Gasteiger partial charge in [-0.3, -0.25) is 9.78 Å². The molecule has 1 saturated heterocycles. The quantitative estimate of drug-likeness (QED) is 0.663. The van der Waals surface area contributed by atoms with E-state index >= 15 is 0 Å². The summed E-state index contributed by atoms with van der Waals surface area (Å²) < 4.78 is 16.0. The molecule has 7 heteroatoms. The number of pyridine rings is 1. The van der Waals surface area contributed by atoms with Gasteiger partial charge in [0.1, 0.15) is 11.3 Å². The molecule has 0 radical (unpaired) electrons. The number of hydrogen-bond acceptors (Lipinski definition) is 4. The molecule has 1 aromatic carbocycles. The summed E-state index contributed by atoms with van der Waals surface area (Å²) in [6, 6.07) is 3.17. The van der Waals surface area contributed by atoms with E-state index in [-0.39, 0.29) is 17.4 Å². The second-order valence-corrected chi connectivity index (χ2v) is 6.58. The molecular formula is C16H14BrFN4O. The number of aromatic nitrogens is 3. The Bertz CT molecular complexity index is 966. The minimum Gasteiger partial charge on any atom is -0.317 e. The van der Waals surface area contributed by atoms with Crippen LogP contribution in [0.4, 0.5) is 4.39 Å². The molecule has 1 fully saturated rings. The van der Waals surface area contributed by atoms with Crippen LogP contribution in [-0.4, -0.2) is 27.6 Å². The average Bonchev–Trinajstić information content (AvgIpc) is 2.57. The Labute approximate surface area is 139 Å². The first-order valence-corrected chi connectivity index (χ1v) is 8.30. The number of piperidine rings is 1. The SMILES string of the molecule is O=c1cnc2cnc3cc(F)c(Br)cc3c2n1C1CCNCC1. The van der Waals surface area contributed by atoms with Gasteiger partial charge in [0.25, 0.3) is 5.56 Å². The summed E-state index contributed by atoms with van der Waals surface area (Å²) in [7, 11) is 0. The van der Waals surface area contributed by atoms with Gasteiger partial charge < -0.3 is 9.88 Å². The van der Waals surface area contributed by atoms with Gasteiger partial charge in [-0.1, -0.05) is 0 Å². The Morgan fingerprint density at radius 3 is 2.70 bits per heavy atom. The van der Waals surface area contributed by atoms with Crippen LogP contribution in [-0.2, 0) is 0 Å². The molecule has 0 spiro atoms. The maximum absolute atomic E-state index is 13.8. The summed E-state index contributed by atoms with van der Waals surface area (Å²) in [5, 5.41) is 4.04. The van der Waals surface area contributed by atoms with E-state index in [2.05, 4.69) is 31.2 Å². The molecule has 3 heterocycles. The maximum atomic E-state index is 13.8. The molecule has 0 unspecified atom stereocenters. The van der Waals surface area contributed by atoms with E-state index in [1.54, 1.807) is 16.8 Å². The lowest BCUT2D eigenvalue weighted by Gasteiger charge is -2.26. The van der Waals surface area contributed by atoms with Crippen LogP contribution in [0, 0.1) is 5.82 Å². The first-order valence-electron chi connectivity index (χ1n) is 7.51. The molecule has 2 aromatic heterocycles. The maximum Gasteiger partial charge on any atom is 0.269 e. The van der Waals surface area contributed by atoms with Gasteiger partial charge in [-0.15, -0.1) is 0 Å². The highest BCUT2D eigenvalue weighted by Gasteiger charge is 2.20. The van der Waals surface area contributed by atoms with E-state index in [4.69, 9.17) is 0 Å². The van der Waals surface area contributed by atoms with Gasteiger partial charge in [-0.2, -0.15) is 0 Å². The lowest BCUT2D eigenvalue weighted by molar-refractivity contribution is 0.369. The molecule has 118 valence electrons. The zero-order valence-electron chi connectivity index (χ0n) is 12.2. The topological polar surface area (TPSA) is 59.8 Å². The van der Waals surface area contributed by atoms with Crippen molar-refractivity contribution < 1.29 is 4.39 Å². The fourth-order valence-electron chi connectivity index (χ4n) is 3.23. The molecule has 1 aliphatic heterocycles. The van der Waals surface area contributed by atoms with Crippen molar-refractivity contribution in [2.75, 3.05) is 13.1 Å². The number of nitrogens with one attached hydrogen (secondary N) is 1. The number of benzene rings is 1. The van der Waals surface area contributed by atoms with Crippen LogP contribution in [0.1, 0.15) is 18.9 Å². The van der Waals surface area contributed by atoms with Crippen molar-refractivity contribution in [3.63, 3.8) is 0 Å². The third kappa shape index (κ3) is 2.44. The summed E-state index contributed by atoms with van der Waals surface area (Å²) in [6.07, 6.45) is 4.70. The Kier molecular flexibility index (Phi) is 3.61. The summed E-state index contributed by atoms with van der Waals surface area (Å²) in [5.74, 6) is -0.371. The Hall–Kier alpha value is -1.86. The van der Waals surface area contributed by atoms with E-state index in [9.17, 15) is 9.18 Å². The number of fused-ring (bicyclic) bond motifs is 3. The van der Waals surface area contributed by atoms with Crippen LogP contribution in [0.3, 0.4) is 0 Å². The normalized spacial score (nSPS) is 16.3. The van der Waals surface area contributed by atoms with Gasteiger partial charge in [-0.05, 0) is 47.9 Å². The van der Waals surface area contributed by atoms with E-state index < -0.39 is 0 Å². The summed E-state index contributed by atoms with van der Waals surface area (Å²) in [5.41, 5.74) is 1.77. The first kappa shape index (κ1) is 14.7. The molecule has 23 heavy (non-hydrogen) atoms. The zero-order chi connectivity index (χ0) is 16.0. The monoisotopic (exact) mass is 376 g/mol. The summed E-state index contributed by atoms with van der Waals surface area (Å²) in [6.45, 7) is 1.75. The van der Waals surface area contributed by atoms with Gasteiger partial charge in [0.2, 0.25) is 0 Å². The Balaban J connectivity index is 2.11. The highest BCUT2D eigenvalue weighted by molar-refractivity contribution is 9.10. The molecular weight excluding hydrogens is 363 g/mol. The van der Waals surface area contributed by atoms with Crippen molar-refractivity contribution in [2.45, 2.75) is 18.9 Å². The molecule has 0 bridgehead atoms. The third-order valence-electron chi connectivity index (χ3n) is 4.33. The van der Waals surface area contributed by atoms with Gasteiger partial charge in [-0.25, -0.2) is 9.37 Å². The van der Waals surface area contributed by atoms with Crippen molar-refractivity contribution in [1.82, 2.24) is 19.9 Å². The van der Waals surface area contributed by atoms with E-state index in [0.717, 1.165) is 36.8 Å². The highest BCUT2D eigenvalue weighted by Crippen LogP contribution is 2.29. The van der Waals surface area contributed by atoms with Crippen molar-refractivity contribution in [3.05, 3.63) is 45.2 Å². The second-order valence-electron chi connectivity index (χ2n) is 5.72. The molecule has 4 rings (SSSR count). The van der Waals surface area contributed by atoms with Crippen molar-refractivity contribution in [2.24, 2.45) is 0 Å². The molecule has 1 aliphatic rings. The van der Waals surface area contributed by atoms with Crippen LogP contribution in [0.2, 0.25) is 0 Å². The second kappa shape index (κ2) is 5.65. The molecule has 0 aliphatic carbocycles. The van der Waals surface area contributed by atoms with Crippen molar-refractivity contribution in [3.8, 4) is 0 Å². The van der Waals surface area contributed by atoms with Crippen LogP contribution in [0.25, 0.3) is 21.9 Å². The Morgan fingerprint density at radius 2 is 1.91 bits per heavy atom. The highest BCUT2D eigenvalue weighted by atomic mass is 79.9. The number of hydrogen-bond donors (Lipinski definition) is 1. The molecule has 0 saturated carbocycles. The predicted molar refractivity (Wildman–Crippen MR) is 90.1 cm³/mol. The smallest absolute Gasteiger partial charge is 0.269 e. The minimum atomic E-state index is -0.371. The van der Waals surface area contributed by atoms with Gasteiger partial charge in [0.05, 0.1) is 27.9 Å². The number of nitrogens with zero attached hydrogens (tertiary/aromatic N) is 3. The van der Waals surface area contributed by atoms with Gasteiger partial charge in [0, 0.05) is 17.5 Å². The van der Waals surface area contributed by atoms with Crippen LogP contribution in [0.15, 0.2) is 33.8 Å². The molecule has 0 amide bonds. The van der Waals surface area contributed by atoms with Crippen LogP contribution < -0.4 is 10.9 Å².